The van der Waals surface area contributed by atoms with Gasteiger partial charge in [0.15, 0.2) is 0 Å². The van der Waals surface area contributed by atoms with Crippen LogP contribution in [0.25, 0.3) is 0 Å². The van der Waals surface area contributed by atoms with Crippen molar-refractivity contribution in [3.8, 4) is 0 Å². The van der Waals surface area contributed by atoms with Crippen molar-refractivity contribution in [1.29, 1.82) is 0 Å². The topological polar surface area (TPSA) is 18.5 Å². The Morgan fingerprint density at radius 3 is 2.44 bits per heavy atom. The molecular weight excluding hydrogens is 198 g/mol. The van der Waals surface area contributed by atoms with E-state index in [2.05, 4.69) is 36.1 Å². The third-order valence-corrected chi connectivity index (χ3v) is 4.53. The molecule has 3 heteroatoms. The van der Waals surface area contributed by atoms with Crippen molar-refractivity contribution in [3.63, 3.8) is 0 Å². The van der Waals surface area contributed by atoms with Gasteiger partial charge in [-0.05, 0) is 52.5 Å². The van der Waals surface area contributed by atoms with Crippen molar-refractivity contribution in [3.05, 3.63) is 0 Å². The van der Waals surface area contributed by atoms with Crippen LogP contribution in [0.1, 0.15) is 26.2 Å². The van der Waals surface area contributed by atoms with E-state index < -0.39 is 0 Å². The Morgan fingerprint density at radius 1 is 1.19 bits per heavy atom. The van der Waals surface area contributed by atoms with Crippen LogP contribution in [-0.4, -0.2) is 62.2 Å². The van der Waals surface area contributed by atoms with Crippen molar-refractivity contribution in [1.82, 2.24) is 15.1 Å². The molecular formula is C13H27N3. The molecule has 0 spiro atoms. The first-order chi connectivity index (χ1) is 7.72. The predicted molar refractivity (Wildman–Crippen MR) is 68.7 cm³/mol. The summed E-state index contributed by atoms with van der Waals surface area (Å²) < 4.78 is 0. The molecule has 2 atom stereocenters. The summed E-state index contributed by atoms with van der Waals surface area (Å²) in [5.74, 6) is 0.885. The number of hydrogen-bond donors (Lipinski definition) is 1. The van der Waals surface area contributed by atoms with Crippen LogP contribution in [0.4, 0.5) is 0 Å². The normalized spacial score (nSPS) is 33.8. The van der Waals surface area contributed by atoms with Gasteiger partial charge in [-0.15, -0.1) is 0 Å². The third-order valence-electron chi connectivity index (χ3n) is 4.53. The van der Waals surface area contributed by atoms with Crippen LogP contribution in [0.3, 0.4) is 0 Å². The summed E-state index contributed by atoms with van der Waals surface area (Å²) >= 11 is 0. The van der Waals surface area contributed by atoms with Crippen LogP contribution in [0.15, 0.2) is 0 Å². The van der Waals surface area contributed by atoms with Gasteiger partial charge in [0.2, 0.25) is 0 Å². The zero-order valence-electron chi connectivity index (χ0n) is 11.1. The van der Waals surface area contributed by atoms with Crippen LogP contribution in [-0.2, 0) is 0 Å². The second-order valence-corrected chi connectivity index (χ2v) is 5.62. The van der Waals surface area contributed by atoms with Gasteiger partial charge in [0, 0.05) is 18.6 Å². The maximum absolute atomic E-state index is 3.55. The summed E-state index contributed by atoms with van der Waals surface area (Å²) in [6.45, 7) is 7.37. The molecule has 1 N–H and O–H groups in total. The van der Waals surface area contributed by atoms with Crippen molar-refractivity contribution in [2.75, 3.05) is 40.3 Å². The lowest BCUT2D eigenvalue weighted by Crippen LogP contribution is -2.48. The van der Waals surface area contributed by atoms with Crippen LogP contribution in [0, 0.1) is 5.92 Å². The molecule has 0 amide bonds. The molecule has 16 heavy (non-hydrogen) atoms. The third kappa shape index (κ3) is 2.58. The fraction of sp³-hybridized carbons (Fsp3) is 1.00. The van der Waals surface area contributed by atoms with Crippen LogP contribution < -0.4 is 5.32 Å². The van der Waals surface area contributed by atoms with Crippen molar-refractivity contribution >= 4 is 0 Å². The maximum atomic E-state index is 3.55. The lowest BCUT2D eigenvalue weighted by molar-refractivity contribution is 0.0961. The molecule has 0 bridgehead atoms. The molecule has 2 saturated heterocycles. The Bertz CT molecular complexity index is 209. The molecule has 2 rings (SSSR count). The Labute approximate surface area is 100 Å². The van der Waals surface area contributed by atoms with Gasteiger partial charge in [-0.3, -0.25) is 4.90 Å². The summed E-state index contributed by atoms with van der Waals surface area (Å²) in [6.07, 6.45) is 4.02. The zero-order chi connectivity index (χ0) is 11.5. The Balaban J connectivity index is 1.84. The van der Waals surface area contributed by atoms with Crippen LogP contribution in [0.5, 0.6) is 0 Å². The second-order valence-electron chi connectivity index (χ2n) is 5.62. The molecule has 2 heterocycles. The van der Waals surface area contributed by atoms with E-state index in [4.69, 9.17) is 0 Å². The fourth-order valence-electron chi connectivity index (χ4n) is 3.30. The van der Waals surface area contributed by atoms with Gasteiger partial charge in [-0.25, -0.2) is 0 Å². The molecule has 2 unspecified atom stereocenters. The second kappa shape index (κ2) is 5.48. The van der Waals surface area contributed by atoms with E-state index in [0.717, 1.165) is 18.0 Å². The first-order valence-electron chi connectivity index (χ1n) is 6.83. The van der Waals surface area contributed by atoms with Gasteiger partial charge in [-0.2, -0.15) is 0 Å². The van der Waals surface area contributed by atoms with Gasteiger partial charge in [0.05, 0.1) is 0 Å². The van der Waals surface area contributed by atoms with Gasteiger partial charge >= 0.3 is 0 Å². The molecule has 2 aliphatic heterocycles. The Morgan fingerprint density at radius 2 is 1.88 bits per heavy atom. The SMILES string of the molecule is CCC1CNCC1N1CCC(N(C)C)CC1. The lowest BCUT2D eigenvalue weighted by Gasteiger charge is -2.39. The Kier molecular flexibility index (Phi) is 4.22. The number of likely N-dealkylation sites (tertiary alicyclic amines) is 1. The highest BCUT2D eigenvalue weighted by atomic mass is 15.2. The average Bonchev–Trinajstić information content (AvgIpc) is 2.77. The highest BCUT2D eigenvalue weighted by Crippen LogP contribution is 2.23. The molecule has 0 saturated carbocycles. The van der Waals surface area contributed by atoms with Gasteiger partial charge < -0.3 is 10.2 Å². The number of nitrogens with zero attached hydrogens (tertiary/aromatic N) is 2. The molecule has 0 radical (unpaired) electrons. The summed E-state index contributed by atoms with van der Waals surface area (Å²) in [6, 6.07) is 1.62. The van der Waals surface area contributed by atoms with E-state index in [1.165, 1.54) is 45.4 Å². The van der Waals surface area contributed by atoms with Crippen LogP contribution >= 0.6 is 0 Å². The zero-order valence-corrected chi connectivity index (χ0v) is 11.1. The summed E-state index contributed by atoms with van der Waals surface area (Å²) in [5.41, 5.74) is 0. The van der Waals surface area contributed by atoms with E-state index >= 15 is 0 Å². The molecule has 0 aromatic rings. The van der Waals surface area contributed by atoms with Gasteiger partial charge in [-0.1, -0.05) is 13.3 Å². The first kappa shape index (κ1) is 12.3. The van der Waals surface area contributed by atoms with E-state index in [0.29, 0.717) is 0 Å². The van der Waals surface area contributed by atoms with E-state index in [-0.39, 0.29) is 0 Å². The quantitative estimate of drug-likeness (QED) is 0.773. The standard InChI is InChI=1S/C13H27N3/c1-4-11-9-14-10-13(11)16-7-5-12(6-8-16)15(2)3/h11-14H,4-10H2,1-3H3. The summed E-state index contributed by atoms with van der Waals surface area (Å²) in [7, 11) is 4.43. The van der Waals surface area contributed by atoms with Crippen LogP contribution in [0.2, 0.25) is 0 Å². The maximum Gasteiger partial charge on any atom is 0.0260 e. The molecule has 0 aromatic carbocycles. The molecule has 0 aromatic heterocycles. The van der Waals surface area contributed by atoms with Gasteiger partial charge in [0.1, 0.15) is 0 Å². The van der Waals surface area contributed by atoms with E-state index in [1.807, 2.05) is 0 Å². The molecule has 2 aliphatic rings. The monoisotopic (exact) mass is 225 g/mol. The highest BCUT2D eigenvalue weighted by Gasteiger charge is 2.33. The van der Waals surface area contributed by atoms with Crippen molar-refractivity contribution in [2.24, 2.45) is 5.92 Å². The summed E-state index contributed by atoms with van der Waals surface area (Å²) in [4.78, 5) is 5.12. The average molecular weight is 225 g/mol. The first-order valence-corrected chi connectivity index (χ1v) is 6.83. The fourth-order valence-corrected chi connectivity index (χ4v) is 3.30. The predicted octanol–water partition coefficient (Wildman–Crippen LogP) is 1.01. The summed E-state index contributed by atoms with van der Waals surface area (Å²) in [5, 5.41) is 3.55. The van der Waals surface area contributed by atoms with Crippen molar-refractivity contribution in [2.45, 2.75) is 38.3 Å². The number of piperidine rings is 1. The highest BCUT2D eigenvalue weighted by molar-refractivity contribution is 4.90. The van der Waals surface area contributed by atoms with Gasteiger partial charge in [0.25, 0.3) is 0 Å². The number of rotatable bonds is 3. The smallest absolute Gasteiger partial charge is 0.0260 e. The van der Waals surface area contributed by atoms with Crippen molar-refractivity contribution < 1.29 is 0 Å². The minimum absolute atomic E-state index is 0.811. The number of nitrogens with one attached hydrogen (secondary N) is 1. The number of hydrogen-bond acceptors (Lipinski definition) is 3. The lowest BCUT2D eigenvalue weighted by atomic mass is 9.95. The largest absolute Gasteiger partial charge is 0.315 e. The minimum atomic E-state index is 0.811. The molecule has 0 aliphatic carbocycles. The Hall–Kier alpha value is -0.120. The van der Waals surface area contributed by atoms with E-state index in [9.17, 15) is 0 Å². The molecule has 94 valence electrons. The van der Waals surface area contributed by atoms with E-state index in [1.54, 1.807) is 0 Å². The molecule has 2 fully saturated rings. The molecule has 3 nitrogen and oxygen atoms in total. The minimum Gasteiger partial charge on any atom is -0.315 e.